The Kier molecular flexibility index (Phi) is 4.91. The van der Waals surface area contributed by atoms with Gasteiger partial charge in [-0.25, -0.2) is 0 Å². The van der Waals surface area contributed by atoms with Gasteiger partial charge in [-0.3, -0.25) is 4.79 Å². The van der Waals surface area contributed by atoms with Crippen LogP contribution in [0.15, 0.2) is 40.8 Å². The number of amides is 1. The van der Waals surface area contributed by atoms with Crippen LogP contribution in [-0.4, -0.2) is 25.7 Å². The van der Waals surface area contributed by atoms with Crippen LogP contribution in [0.25, 0.3) is 17.0 Å². The highest BCUT2D eigenvalue weighted by Gasteiger charge is 2.20. The highest BCUT2D eigenvalue weighted by molar-refractivity contribution is 5.92. The van der Waals surface area contributed by atoms with Gasteiger partial charge in [-0.1, -0.05) is 18.2 Å². The minimum Gasteiger partial charge on any atom is -0.457 e. The van der Waals surface area contributed by atoms with E-state index in [-0.39, 0.29) is 5.91 Å². The zero-order valence-corrected chi connectivity index (χ0v) is 12.6. The fraction of sp³-hybridized carbons (Fsp3) is 0.389. The number of hydrogen-bond acceptors (Lipinski definition) is 3. The molecule has 4 heteroatoms. The number of fused-ring (bicyclic) bond motifs is 1. The zero-order chi connectivity index (χ0) is 15.2. The van der Waals surface area contributed by atoms with Crippen molar-refractivity contribution in [2.24, 2.45) is 5.92 Å². The fourth-order valence-electron chi connectivity index (χ4n) is 2.22. The van der Waals surface area contributed by atoms with Gasteiger partial charge in [-0.05, 0) is 43.4 Å². The maximum atomic E-state index is 11.7. The van der Waals surface area contributed by atoms with Crippen LogP contribution < -0.4 is 5.32 Å². The van der Waals surface area contributed by atoms with Crippen LogP contribution in [0.4, 0.5) is 0 Å². The van der Waals surface area contributed by atoms with Crippen molar-refractivity contribution >= 4 is 23.0 Å². The molecule has 1 heterocycles. The molecule has 0 bridgehead atoms. The number of ether oxygens (including phenoxy) is 1. The summed E-state index contributed by atoms with van der Waals surface area (Å²) in [6.07, 6.45) is 6.66. The van der Waals surface area contributed by atoms with E-state index in [1.165, 1.54) is 18.9 Å². The van der Waals surface area contributed by atoms with Gasteiger partial charge in [0.2, 0.25) is 5.91 Å². The molecule has 1 aromatic heterocycles. The van der Waals surface area contributed by atoms with Crippen molar-refractivity contribution in [3.8, 4) is 0 Å². The second-order valence-electron chi connectivity index (χ2n) is 5.68. The first-order valence-electron chi connectivity index (χ1n) is 7.83. The lowest BCUT2D eigenvalue weighted by Gasteiger charge is -2.03. The highest BCUT2D eigenvalue weighted by Crippen LogP contribution is 2.28. The van der Waals surface area contributed by atoms with E-state index in [9.17, 15) is 4.79 Å². The summed E-state index contributed by atoms with van der Waals surface area (Å²) in [5.41, 5.74) is 0.829. The van der Waals surface area contributed by atoms with Crippen molar-refractivity contribution < 1.29 is 13.9 Å². The summed E-state index contributed by atoms with van der Waals surface area (Å²) in [6, 6.07) is 9.71. The largest absolute Gasteiger partial charge is 0.457 e. The summed E-state index contributed by atoms with van der Waals surface area (Å²) < 4.78 is 11.1. The van der Waals surface area contributed by atoms with Crippen molar-refractivity contribution in [1.29, 1.82) is 0 Å². The molecule has 1 saturated carbocycles. The zero-order valence-electron chi connectivity index (χ0n) is 12.6. The molecule has 2 aromatic rings. The number of rotatable bonds is 8. The van der Waals surface area contributed by atoms with Gasteiger partial charge in [0.25, 0.3) is 0 Å². The molecule has 22 heavy (non-hydrogen) atoms. The standard InChI is InChI=1S/C18H21NO3/c20-18(19-10-3-11-21-13-14-6-7-14)9-8-16-12-15-4-1-2-5-17(15)22-16/h1-2,4-5,8-9,12,14H,3,6-7,10-11,13H2,(H,19,20)/b9-8+. The van der Waals surface area contributed by atoms with Gasteiger partial charge >= 0.3 is 0 Å². The Morgan fingerprint density at radius 1 is 1.36 bits per heavy atom. The molecule has 1 amide bonds. The first-order chi connectivity index (χ1) is 10.8. The van der Waals surface area contributed by atoms with Gasteiger partial charge in [-0.2, -0.15) is 0 Å². The first kappa shape index (κ1) is 14.9. The molecule has 4 nitrogen and oxygen atoms in total. The lowest BCUT2D eigenvalue weighted by Crippen LogP contribution is -2.23. The molecular weight excluding hydrogens is 278 g/mol. The smallest absolute Gasteiger partial charge is 0.244 e. The first-order valence-corrected chi connectivity index (χ1v) is 7.83. The normalized spacial score (nSPS) is 14.7. The average molecular weight is 299 g/mol. The average Bonchev–Trinajstić information content (AvgIpc) is 3.25. The lowest BCUT2D eigenvalue weighted by molar-refractivity contribution is -0.116. The number of nitrogens with one attached hydrogen (secondary N) is 1. The number of para-hydroxylation sites is 1. The molecule has 1 fully saturated rings. The fourth-order valence-corrected chi connectivity index (χ4v) is 2.22. The maximum absolute atomic E-state index is 11.7. The van der Waals surface area contributed by atoms with E-state index < -0.39 is 0 Å². The lowest BCUT2D eigenvalue weighted by atomic mass is 10.2. The van der Waals surface area contributed by atoms with E-state index in [1.807, 2.05) is 30.3 Å². The van der Waals surface area contributed by atoms with Crippen LogP contribution >= 0.6 is 0 Å². The predicted octanol–water partition coefficient (Wildman–Crippen LogP) is 3.38. The summed E-state index contributed by atoms with van der Waals surface area (Å²) in [5, 5.41) is 3.88. The van der Waals surface area contributed by atoms with Gasteiger partial charge in [-0.15, -0.1) is 0 Å². The maximum Gasteiger partial charge on any atom is 0.244 e. The Hall–Kier alpha value is -2.07. The Morgan fingerprint density at radius 3 is 3.05 bits per heavy atom. The molecule has 0 radical (unpaired) electrons. The van der Waals surface area contributed by atoms with E-state index in [1.54, 1.807) is 6.08 Å². The number of hydrogen-bond donors (Lipinski definition) is 1. The molecule has 1 N–H and O–H groups in total. The molecule has 0 atom stereocenters. The molecule has 1 aliphatic rings. The predicted molar refractivity (Wildman–Crippen MR) is 86.4 cm³/mol. The number of furan rings is 1. The Morgan fingerprint density at radius 2 is 2.23 bits per heavy atom. The summed E-state index contributed by atoms with van der Waals surface area (Å²) in [4.78, 5) is 11.7. The van der Waals surface area contributed by atoms with Crippen LogP contribution in [0.2, 0.25) is 0 Å². The van der Waals surface area contributed by atoms with Crippen LogP contribution in [0, 0.1) is 5.92 Å². The third kappa shape index (κ3) is 4.46. The molecule has 0 unspecified atom stereocenters. The number of carbonyl (C=O) groups is 1. The van der Waals surface area contributed by atoms with Gasteiger partial charge in [0.15, 0.2) is 0 Å². The van der Waals surface area contributed by atoms with Gasteiger partial charge in [0, 0.05) is 31.2 Å². The minimum absolute atomic E-state index is 0.109. The molecule has 0 aliphatic heterocycles. The van der Waals surface area contributed by atoms with Crippen LogP contribution in [0.1, 0.15) is 25.0 Å². The third-order valence-electron chi connectivity index (χ3n) is 3.66. The Balaban J connectivity index is 1.36. The highest BCUT2D eigenvalue weighted by atomic mass is 16.5. The minimum atomic E-state index is -0.109. The molecular formula is C18H21NO3. The van der Waals surface area contributed by atoms with E-state index in [0.717, 1.165) is 29.9 Å². The monoisotopic (exact) mass is 299 g/mol. The molecule has 116 valence electrons. The van der Waals surface area contributed by atoms with E-state index >= 15 is 0 Å². The van der Waals surface area contributed by atoms with E-state index in [2.05, 4.69) is 5.32 Å². The van der Waals surface area contributed by atoms with Crippen LogP contribution in [0.5, 0.6) is 0 Å². The third-order valence-corrected chi connectivity index (χ3v) is 3.66. The number of benzene rings is 1. The summed E-state index contributed by atoms with van der Waals surface area (Å²) in [6.45, 7) is 2.22. The summed E-state index contributed by atoms with van der Waals surface area (Å²) >= 11 is 0. The molecule has 0 saturated heterocycles. The van der Waals surface area contributed by atoms with Crippen molar-refractivity contribution in [3.63, 3.8) is 0 Å². The van der Waals surface area contributed by atoms with Gasteiger partial charge < -0.3 is 14.5 Å². The van der Waals surface area contributed by atoms with E-state index in [4.69, 9.17) is 9.15 Å². The Labute approximate surface area is 130 Å². The van der Waals surface area contributed by atoms with Gasteiger partial charge in [0.1, 0.15) is 11.3 Å². The Bertz CT molecular complexity index is 622. The SMILES string of the molecule is O=C(/C=C/c1cc2ccccc2o1)NCCCOCC1CC1. The van der Waals surface area contributed by atoms with Crippen LogP contribution in [0.3, 0.4) is 0 Å². The van der Waals surface area contributed by atoms with Gasteiger partial charge in [0.05, 0.1) is 0 Å². The second kappa shape index (κ2) is 7.27. The quantitative estimate of drug-likeness (QED) is 0.600. The van der Waals surface area contributed by atoms with Crippen molar-refractivity contribution in [2.75, 3.05) is 19.8 Å². The van der Waals surface area contributed by atoms with Crippen molar-refractivity contribution in [3.05, 3.63) is 42.2 Å². The summed E-state index contributed by atoms with van der Waals surface area (Å²) in [5.74, 6) is 1.37. The van der Waals surface area contributed by atoms with Crippen molar-refractivity contribution in [1.82, 2.24) is 5.32 Å². The molecule has 1 aromatic carbocycles. The number of carbonyl (C=O) groups excluding carboxylic acids is 1. The second-order valence-corrected chi connectivity index (χ2v) is 5.68. The van der Waals surface area contributed by atoms with Crippen molar-refractivity contribution in [2.45, 2.75) is 19.3 Å². The molecule has 1 aliphatic carbocycles. The molecule has 3 rings (SSSR count). The summed E-state index contributed by atoms with van der Waals surface area (Å²) in [7, 11) is 0. The molecule has 0 spiro atoms. The van der Waals surface area contributed by atoms with Crippen LogP contribution in [-0.2, 0) is 9.53 Å². The van der Waals surface area contributed by atoms with E-state index in [0.29, 0.717) is 18.9 Å². The topological polar surface area (TPSA) is 51.5 Å².